The fourth-order valence-electron chi connectivity index (χ4n) is 3.61. The molecule has 5 nitrogen and oxygen atoms in total. The molecule has 0 aliphatic carbocycles. The lowest BCUT2D eigenvalue weighted by atomic mass is 9.93. The minimum atomic E-state index is 0.313. The van der Waals surface area contributed by atoms with Crippen molar-refractivity contribution in [3.63, 3.8) is 0 Å². The molecule has 0 amide bonds. The topological polar surface area (TPSA) is 43.0 Å². The van der Waals surface area contributed by atoms with Crippen molar-refractivity contribution >= 4 is 17.5 Å². The number of morpholine rings is 1. The van der Waals surface area contributed by atoms with Crippen molar-refractivity contribution < 1.29 is 14.2 Å². The van der Waals surface area contributed by atoms with Crippen molar-refractivity contribution in [3.8, 4) is 23.8 Å². The van der Waals surface area contributed by atoms with Crippen molar-refractivity contribution in [2.45, 2.75) is 26.3 Å². The standard InChI is InChI=1S/C22H30N2O3S/c1-5-21(28-12-9-24-7-10-26-11-8-24)22-18-15-19(25-4)20(27-6-2)14-17(18)13-16(3)23-22/h1,14-16,23H,6-13H2,2-4H3/b22-21-. The normalized spacial score (nSPS) is 21.3. The van der Waals surface area contributed by atoms with Crippen molar-refractivity contribution in [3.05, 3.63) is 28.2 Å². The predicted octanol–water partition coefficient (Wildman–Crippen LogP) is 3.00. The van der Waals surface area contributed by atoms with Crippen LogP contribution in [-0.4, -0.2) is 63.3 Å². The summed E-state index contributed by atoms with van der Waals surface area (Å²) in [5, 5.41) is 3.60. The molecule has 1 N–H and O–H groups in total. The quantitative estimate of drug-likeness (QED) is 0.708. The maximum absolute atomic E-state index is 5.92. The molecule has 1 saturated heterocycles. The number of fused-ring (bicyclic) bond motifs is 1. The fraction of sp³-hybridized carbons (Fsp3) is 0.545. The second kappa shape index (κ2) is 10.1. The van der Waals surface area contributed by atoms with E-state index in [1.165, 1.54) is 5.56 Å². The van der Waals surface area contributed by atoms with Crippen LogP contribution in [0, 0.1) is 12.3 Å². The van der Waals surface area contributed by atoms with E-state index in [1.54, 1.807) is 18.9 Å². The number of methoxy groups -OCH3 is 1. The number of benzene rings is 1. The van der Waals surface area contributed by atoms with E-state index >= 15 is 0 Å². The third-order valence-corrected chi connectivity index (χ3v) is 5.99. The van der Waals surface area contributed by atoms with Crippen molar-refractivity contribution in [2.24, 2.45) is 0 Å². The number of hydrogen-bond acceptors (Lipinski definition) is 6. The van der Waals surface area contributed by atoms with Crippen molar-refractivity contribution in [1.29, 1.82) is 0 Å². The molecule has 2 aliphatic rings. The second-order valence-electron chi connectivity index (χ2n) is 6.99. The van der Waals surface area contributed by atoms with Gasteiger partial charge in [0.1, 0.15) is 0 Å². The van der Waals surface area contributed by atoms with E-state index in [1.807, 2.05) is 6.92 Å². The van der Waals surface area contributed by atoms with Gasteiger partial charge in [-0.1, -0.05) is 5.92 Å². The molecule has 0 saturated carbocycles. The van der Waals surface area contributed by atoms with Crippen LogP contribution in [0.4, 0.5) is 0 Å². The molecule has 2 heterocycles. The monoisotopic (exact) mass is 402 g/mol. The Morgan fingerprint density at radius 2 is 2.14 bits per heavy atom. The summed E-state index contributed by atoms with van der Waals surface area (Å²) in [6.07, 6.45) is 6.85. The Balaban J connectivity index is 1.84. The molecule has 28 heavy (non-hydrogen) atoms. The zero-order valence-electron chi connectivity index (χ0n) is 17.0. The number of nitrogens with zero attached hydrogens (tertiary/aromatic N) is 1. The lowest BCUT2D eigenvalue weighted by Crippen LogP contribution is -2.37. The van der Waals surface area contributed by atoms with Gasteiger partial charge >= 0.3 is 0 Å². The first kappa shape index (κ1) is 20.9. The van der Waals surface area contributed by atoms with Crippen LogP contribution in [0.15, 0.2) is 17.0 Å². The van der Waals surface area contributed by atoms with E-state index in [0.717, 1.165) is 72.7 Å². The molecule has 2 aliphatic heterocycles. The van der Waals surface area contributed by atoms with E-state index in [4.69, 9.17) is 20.6 Å². The molecule has 1 atom stereocenters. The zero-order valence-corrected chi connectivity index (χ0v) is 17.9. The van der Waals surface area contributed by atoms with Gasteiger partial charge in [0.2, 0.25) is 0 Å². The van der Waals surface area contributed by atoms with Gasteiger partial charge in [-0.3, -0.25) is 4.90 Å². The minimum absolute atomic E-state index is 0.313. The number of nitrogens with one attached hydrogen (secondary N) is 1. The van der Waals surface area contributed by atoms with Crippen LogP contribution in [0.1, 0.15) is 25.0 Å². The lowest BCUT2D eigenvalue weighted by Gasteiger charge is -2.29. The number of thioether (sulfide) groups is 1. The van der Waals surface area contributed by atoms with Gasteiger partial charge in [0, 0.05) is 37.0 Å². The number of allylic oxidation sites excluding steroid dienone is 1. The summed E-state index contributed by atoms with van der Waals surface area (Å²) >= 11 is 1.74. The van der Waals surface area contributed by atoms with Gasteiger partial charge in [-0.05, 0) is 38.0 Å². The molecule has 0 aromatic heterocycles. The summed E-state index contributed by atoms with van der Waals surface area (Å²) in [6, 6.07) is 4.46. The van der Waals surface area contributed by atoms with Crippen LogP contribution in [0.5, 0.6) is 11.5 Å². The molecular weight excluding hydrogens is 372 g/mol. The molecule has 0 spiro atoms. The minimum Gasteiger partial charge on any atom is -0.493 e. The summed E-state index contributed by atoms with van der Waals surface area (Å²) in [5.41, 5.74) is 3.39. The number of terminal acetylenes is 1. The van der Waals surface area contributed by atoms with Gasteiger partial charge in [0.15, 0.2) is 11.5 Å². The van der Waals surface area contributed by atoms with Crippen LogP contribution >= 0.6 is 11.8 Å². The van der Waals surface area contributed by atoms with E-state index < -0.39 is 0 Å². The Kier molecular flexibility index (Phi) is 7.55. The molecular formula is C22H30N2O3S. The zero-order chi connectivity index (χ0) is 19.9. The molecule has 0 radical (unpaired) electrons. The van der Waals surface area contributed by atoms with Crippen LogP contribution in [0.2, 0.25) is 0 Å². The van der Waals surface area contributed by atoms with Gasteiger partial charge in [-0.2, -0.15) is 0 Å². The number of ether oxygens (including phenoxy) is 3. The number of hydrogen-bond donors (Lipinski definition) is 1. The average Bonchev–Trinajstić information content (AvgIpc) is 2.71. The first-order chi connectivity index (χ1) is 13.7. The molecule has 6 heteroatoms. The average molecular weight is 403 g/mol. The SMILES string of the molecule is C#C/C(SCCN1CCOCC1)=C1/NC(C)Cc2cc(OCC)c(OC)cc21. The third kappa shape index (κ3) is 4.96. The van der Waals surface area contributed by atoms with Gasteiger partial charge in [-0.25, -0.2) is 0 Å². The molecule has 152 valence electrons. The molecule has 1 unspecified atom stereocenters. The highest BCUT2D eigenvalue weighted by atomic mass is 32.2. The van der Waals surface area contributed by atoms with Gasteiger partial charge in [0.25, 0.3) is 0 Å². The Morgan fingerprint density at radius 1 is 1.36 bits per heavy atom. The van der Waals surface area contributed by atoms with Crippen molar-refractivity contribution in [1.82, 2.24) is 10.2 Å². The Hall–Kier alpha value is -1.81. The fourth-order valence-corrected chi connectivity index (χ4v) is 4.56. The maximum atomic E-state index is 5.92. The van der Waals surface area contributed by atoms with Gasteiger partial charge in [0.05, 0.1) is 37.5 Å². The lowest BCUT2D eigenvalue weighted by molar-refractivity contribution is 0.0410. The Labute approximate surface area is 172 Å². The molecule has 0 bridgehead atoms. The number of rotatable bonds is 7. The van der Waals surface area contributed by atoms with Crippen LogP contribution < -0.4 is 14.8 Å². The third-order valence-electron chi connectivity index (χ3n) is 4.99. The largest absolute Gasteiger partial charge is 0.493 e. The van der Waals surface area contributed by atoms with Gasteiger partial charge < -0.3 is 19.5 Å². The summed E-state index contributed by atoms with van der Waals surface area (Å²) in [7, 11) is 1.67. The highest BCUT2D eigenvalue weighted by Gasteiger charge is 2.24. The second-order valence-corrected chi connectivity index (χ2v) is 8.10. The van der Waals surface area contributed by atoms with E-state index in [0.29, 0.717) is 12.6 Å². The highest BCUT2D eigenvalue weighted by molar-refractivity contribution is 8.03. The molecule has 1 aromatic carbocycles. The van der Waals surface area contributed by atoms with Crippen LogP contribution in [0.25, 0.3) is 5.70 Å². The van der Waals surface area contributed by atoms with E-state index in [-0.39, 0.29) is 0 Å². The highest BCUT2D eigenvalue weighted by Crippen LogP contribution is 2.38. The maximum Gasteiger partial charge on any atom is 0.161 e. The summed E-state index contributed by atoms with van der Waals surface area (Å²) in [5.74, 6) is 5.41. The van der Waals surface area contributed by atoms with E-state index in [2.05, 4.69) is 35.2 Å². The predicted molar refractivity (Wildman–Crippen MR) is 116 cm³/mol. The molecule has 1 aromatic rings. The summed E-state index contributed by atoms with van der Waals surface area (Å²) in [4.78, 5) is 3.38. The Bertz CT molecular complexity index is 751. The summed E-state index contributed by atoms with van der Waals surface area (Å²) in [6.45, 7) is 9.43. The molecule has 1 fully saturated rings. The first-order valence-corrected chi connectivity index (χ1v) is 10.9. The summed E-state index contributed by atoms with van der Waals surface area (Å²) < 4.78 is 16.7. The van der Waals surface area contributed by atoms with Crippen LogP contribution in [-0.2, 0) is 11.2 Å². The van der Waals surface area contributed by atoms with E-state index in [9.17, 15) is 0 Å². The van der Waals surface area contributed by atoms with Gasteiger partial charge in [-0.15, -0.1) is 18.2 Å². The smallest absolute Gasteiger partial charge is 0.161 e. The Morgan fingerprint density at radius 3 is 2.82 bits per heavy atom. The molecule has 3 rings (SSSR count). The first-order valence-electron chi connectivity index (χ1n) is 9.90. The van der Waals surface area contributed by atoms with Crippen molar-refractivity contribution in [2.75, 3.05) is 52.3 Å². The van der Waals surface area contributed by atoms with Crippen LogP contribution in [0.3, 0.4) is 0 Å².